The molecule has 0 aromatic heterocycles. The molecule has 190 valence electrons. The van der Waals surface area contributed by atoms with E-state index in [4.69, 9.17) is 0 Å². The summed E-state index contributed by atoms with van der Waals surface area (Å²) < 4.78 is 27.7. The zero-order valence-corrected chi connectivity index (χ0v) is 21.2. The first kappa shape index (κ1) is 24.5. The number of hydrogen-bond donors (Lipinski definition) is 2. The van der Waals surface area contributed by atoms with Crippen LogP contribution in [0.5, 0.6) is 0 Å². The topological polar surface area (TPSA) is 95.6 Å². The van der Waals surface area contributed by atoms with Gasteiger partial charge in [-0.2, -0.15) is 4.31 Å². The van der Waals surface area contributed by atoms with E-state index in [0.717, 1.165) is 30.6 Å². The normalized spacial score (nSPS) is 32.2. The van der Waals surface area contributed by atoms with Crippen LogP contribution in [0.3, 0.4) is 0 Å². The molecule has 4 aliphatic carbocycles. The van der Waals surface area contributed by atoms with Gasteiger partial charge < -0.3 is 10.6 Å². The van der Waals surface area contributed by atoms with E-state index in [0.29, 0.717) is 30.5 Å². The fourth-order valence-corrected chi connectivity index (χ4v) is 9.12. The number of amides is 2. The van der Waals surface area contributed by atoms with Crippen LogP contribution in [0, 0.1) is 23.2 Å². The fraction of sp³-hybridized carbons (Fsp3) is 0.630. The van der Waals surface area contributed by atoms with Crippen molar-refractivity contribution in [3.05, 3.63) is 36.9 Å². The number of carbonyl (C=O) groups is 2. The Morgan fingerprint density at radius 3 is 2.29 bits per heavy atom. The van der Waals surface area contributed by atoms with Crippen LogP contribution in [0.25, 0.3) is 0 Å². The van der Waals surface area contributed by atoms with Crippen molar-refractivity contribution in [3.63, 3.8) is 0 Å². The lowest BCUT2D eigenvalue weighted by Crippen LogP contribution is -2.49. The van der Waals surface area contributed by atoms with Crippen LogP contribution < -0.4 is 10.6 Å². The molecule has 0 radical (unpaired) electrons. The average molecular weight is 500 g/mol. The SMILES string of the molecule is C=CC(=O)N[C@H]1CCCN(S(=O)(=O)c2ccc(NC(=O)CCC34CC5CC(CC(C5)C3)C4)cc2)C1. The van der Waals surface area contributed by atoms with Gasteiger partial charge in [-0.1, -0.05) is 6.58 Å². The van der Waals surface area contributed by atoms with E-state index in [-0.39, 0.29) is 29.3 Å². The first-order valence-electron chi connectivity index (χ1n) is 13.1. The molecule has 35 heavy (non-hydrogen) atoms. The van der Waals surface area contributed by atoms with E-state index in [1.807, 2.05) is 0 Å². The molecule has 0 spiro atoms. The molecule has 2 N–H and O–H groups in total. The summed E-state index contributed by atoms with van der Waals surface area (Å²) >= 11 is 0. The summed E-state index contributed by atoms with van der Waals surface area (Å²) in [4.78, 5) is 24.5. The Labute approximate surface area is 208 Å². The van der Waals surface area contributed by atoms with Crippen molar-refractivity contribution < 1.29 is 18.0 Å². The van der Waals surface area contributed by atoms with Gasteiger partial charge in [0.05, 0.1) is 4.90 Å². The lowest BCUT2D eigenvalue weighted by atomic mass is 9.48. The molecule has 4 bridgehead atoms. The minimum absolute atomic E-state index is 0.00758. The van der Waals surface area contributed by atoms with Crippen molar-refractivity contribution in [1.82, 2.24) is 9.62 Å². The van der Waals surface area contributed by atoms with Crippen LogP contribution in [0.15, 0.2) is 41.8 Å². The molecule has 5 aliphatic rings. The first-order valence-corrected chi connectivity index (χ1v) is 14.5. The van der Waals surface area contributed by atoms with Crippen molar-refractivity contribution >= 4 is 27.5 Å². The third-order valence-electron chi connectivity index (χ3n) is 8.74. The quantitative estimate of drug-likeness (QED) is 0.527. The van der Waals surface area contributed by atoms with Crippen LogP contribution in [0.4, 0.5) is 5.69 Å². The zero-order valence-electron chi connectivity index (χ0n) is 20.4. The zero-order chi connectivity index (χ0) is 24.6. The van der Waals surface area contributed by atoms with Crippen molar-refractivity contribution in [2.24, 2.45) is 23.2 Å². The minimum atomic E-state index is -3.68. The van der Waals surface area contributed by atoms with Crippen LogP contribution in [0.1, 0.15) is 64.2 Å². The lowest BCUT2D eigenvalue weighted by Gasteiger charge is -2.57. The molecule has 1 heterocycles. The average Bonchev–Trinajstić information content (AvgIpc) is 2.82. The number of hydrogen-bond acceptors (Lipinski definition) is 4. The molecule has 2 amide bonds. The molecule has 6 rings (SSSR count). The van der Waals surface area contributed by atoms with E-state index in [1.165, 1.54) is 48.9 Å². The second-order valence-electron chi connectivity index (χ2n) is 11.4. The lowest BCUT2D eigenvalue weighted by molar-refractivity contribution is -0.119. The Bertz CT molecular complexity index is 1050. The minimum Gasteiger partial charge on any atom is -0.349 e. The van der Waals surface area contributed by atoms with E-state index in [2.05, 4.69) is 17.2 Å². The van der Waals surface area contributed by atoms with Gasteiger partial charge >= 0.3 is 0 Å². The Kier molecular flexibility index (Phi) is 6.79. The summed E-state index contributed by atoms with van der Waals surface area (Å²) in [7, 11) is -3.68. The van der Waals surface area contributed by atoms with Gasteiger partial charge in [0.15, 0.2) is 0 Å². The maximum atomic E-state index is 13.1. The van der Waals surface area contributed by atoms with Crippen LogP contribution >= 0.6 is 0 Å². The van der Waals surface area contributed by atoms with Crippen LogP contribution in [-0.4, -0.2) is 43.7 Å². The Morgan fingerprint density at radius 1 is 1.06 bits per heavy atom. The molecule has 8 heteroatoms. The number of rotatable bonds is 8. The highest BCUT2D eigenvalue weighted by atomic mass is 32.2. The second-order valence-corrected chi connectivity index (χ2v) is 13.3. The molecule has 1 atom stereocenters. The van der Waals surface area contributed by atoms with Gasteiger partial charge in [0.2, 0.25) is 21.8 Å². The summed E-state index contributed by atoms with van der Waals surface area (Å²) in [6.45, 7) is 4.11. The monoisotopic (exact) mass is 499 g/mol. The number of nitrogens with zero attached hydrogens (tertiary/aromatic N) is 1. The maximum Gasteiger partial charge on any atom is 0.243 e. The van der Waals surface area contributed by atoms with E-state index >= 15 is 0 Å². The molecule has 1 aromatic carbocycles. The van der Waals surface area contributed by atoms with Gasteiger partial charge in [-0.25, -0.2) is 8.42 Å². The van der Waals surface area contributed by atoms with Gasteiger partial charge in [-0.3, -0.25) is 9.59 Å². The summed E-state index contributed by atoms with van der Waals surface area (Å²) in [6.07, 6.45) is 12.2. The predicted molar refractivity (Wildman–Crippen MR) is 135 cm³/mol. The van der Waals surface area contributed by atoms with E-state index < -0.39 is 10.0 Å². The molecule has 1 aromatic rings. The van der Waals surface area contributed by atoms with Gasteiger partial charge in [0.1, 0.15) is 0 Å². The summed E-state index contributed by atoms with van der Waals surface area (Å²) in [6, 6.07) is 6.20. The summed E-state index contributed by atoms with van der Waals surface area (Å²) in [5.41, 5.74) is 0.996. The molecule has 1 saturated heterocycles. The smallest absolute Gasteiger partial charge is 0.243 e. The number of benzene rings is 1. The van der Waals surface area contributed by atoms with Crippen molar-refractivity contribution in [2.75, 3.05) is 18.4 Å². The fourth-order valence-electron chi connectivity index (χ4n) is 7.60. The number of sulfonamides is 1. The van der Waals surface area contributed by atoms with Crippen molar-refractivity contribution in [3.8, 4) is 0 Å². The Balaban J connectivity index is 1.15. The standard InChI is InChI=1S/C27H37N3O4S/c1-2-25(31)29-23-4-3-11-30(18-23)35(33,34)24-7-5-22(6-8-24)28-26(32)9-10-27-15-19-12-20(16-27)14-21(13-19)17-27/h2,5-8,19-21,23H,1,3-4,9-18H2,(H,28,32)(H,29,31)/t19?,20?,21?,23-,27?/m0/s1. The van der Waals surface area contributed by atoms with Crippen LogP contribution in [-0.2, 0) is 19.6 Å². The molecule has 1 aliphatic heterocycles. The van der Waals surface area contributed by atoms with Crippen molar-refractivity contribution in [2.45, 2.75) is 75.1 Å². The molecule has 5 fully saturated rings. The van der Waals surface area contributed by atoms with E-state index in [1.54, 1.807) is 24.3 Å². The second kappa shape index (κ2) is 9.69. The molecular formula is C27H37N3O4S. The number of anilines is 1. The summed E-state index contributed by atoms with van der Waals surface area (Å²) in [5.74, 6) is 2.36. The number of piperidine rings is 1. The Hall–Kier alpha value is -2.19. The number of carbonyl (C=O) groups excluding carboxylic acids is 2. The summed E-state index contributed by atoms with van der Waals surface area (Å²) in [5, 5.41) is 5.76. The Morgan fingerprint density at radius 2 is 1.69 bits per heavy atom. The largest absolute Gasteiger partial charge is 0.349 e. The highest BCUT2D eigenvalue weighted by molar-refractivity contribution is 7.89. The maximum absolute atomic E-state index is 13.1. The van der Waals surface area contributed by atoms with Gasteiger partial charge in [0.25, 0.3) is 0 Å². The molecule has 4 saturated carbocycles. The first-order chi connectivity index (χ1) is 16.7. The molecular weight excluding hydrogens is 462 g/mol. The highest BCUT2D eigenvalue weighted by Crippen LogP contribution is 2.61. The van der Waals surface area contributed by atoms with Crippen molar-refractivity contribution in [1.29, 1.82) is 0 Å². The number of nitrogens with one attached hydrogen (secondary N) is 2. The van der Waals surface area contributed by atoms with Gasteiger partial charge in [0, 0.05) is 31.2 Å². The molecule has 7 nitrogen and oxygen atoms in total. The third kappa shape index (κ3) is 5.33. The van der Waals surface area contributed by atoms with Crippen LogP contribution in [0.2, 0.25) is 0 Å². The predicted octanol–water partition coefficient (Wildman–Crippen LogP) is 4.08. The highest BCUT2D eigenvalue weighted by Gasteiger charge is 2.50. The van der Waals surface area contributed by atoms with E-state index in [9.17, 15) is 18.0 Å². The van der Waals surface area contributed by atoms with Gasteiger partial charge in [-0.15, -0.1) is 0 Å². The third-order valence-corrected chi connectivity index (χ3v) is 10.6. The molecule has 0 unspecified atom stereocenters. The van der Waals surface area contributed by atoms with Gasteiger partial charge in [-0.05, 0) is 111 Å².